The molecule has 0 spiro atoms. The van der Waals surface area contributed by atoms with Gasteiger partial charge in [0.25, 0.3) is 0 Å². The van der Waals surface area contributed by atoms with Gasteiger partial charge in [-0.3, -0.25) is 14.8 Å². The minimum absolute atomic E-state index is 0.0578. The molecule has 0 saturated carbocycles. The summed E-state index contributed by atoms with van der Waals surface area (Å²) in [5.74, 6) is 2.31. The molecule has 27 heavy (non-hydrogen) atoms. The SMILES string of the molecule is O=c1cc(-c2ccc(C3=NCCN3)cc2)oc2ccc(C3=NCCN3)cc12. The van der Waals surface area contributed by atoms with Crippen LogP contribution in [0.25, 0.3) is 22.3 Å². The van der Waals surface area contributed by atoms with Gasteiger partial charge in [-0.1, -0.05) is 24.3 Å². The molecule has 6 nitrogen and oxygen atoms in total. The first-order valence-corrected chi connectivity index (χ1v) is 9.04. The molecule has 0 fully saturated rings. The molecule has 0 saturated heterocycles. The number of benzene rings is 2. The molecular weight excluding hydrogens is 340 g/mol. The van der Waals surface area contributed by atoms with E-state index in [1.807, 2.05) is 42.5 Å². The predicted molar refractivity (Wildman–Crippen MR) is 107 cm³/mol. The molecule has 0 atom stereocenters. The lowest BCUT2D eigenvalue weighted by atomic mass is 10.1. The highest BCUT2D eigenvalue weighted by atomic mass is 16.3. The van der Waals surface area contributed by atoms with E-state index < -0.39 is 0 Å². The normalized spacial score (nSPS) is 16.0. The lowest BCUT2D eigenvalue weighted by Crippen LogP contribution is -2.19. The van der Waals surface area contributed by atoms with Crippen molar-refractivity contribution < 1.29 is 4.42 Å². The summed E-state index contributed by atoms with van der Waals surface area (Å²) in [6.45, 7) is 3.28. The standard InChI is InChI=1S/C21H18N4O2/c26-17-12-19(13-1-3-14(4-2-13)20-22-7-8-23-20)27-18-6-5-15(11-16(17)18)21-24-9-10-25-21/h1-6,11-12H,7-10H2,(H,22,23)(H,24,25). The molecule has 2 aliphatic rings. The van der Waals surface area contributed by atoms with Crippen LogP contribution in [0.5, 0.6) is 0 Å². The van der Waals surface area contributed by atoms with Gasteiger partial charge in [0.1, 0.15) is 23.0 Å². The molecule has 0 aliphatic carbocycles. The van der Waals surface area contributed by atoms with E-state index >= 15 is 0 Å². The van der Waals surface area contributed by atoms with Crippen LogP contribution in [0.15, 0.2) is 67.7 Å². The van der Waals surface area contributed by atoms with Gasteiger partial charge in [-0.25, -0.2) is 0 Å². The first kappa shape index (κ1) is 15.8. The molecule has 1 aromatic heterocycles. The Bertz CT molecular complexity index is 1140. The zero-order valence-corrected chi connectivity index (χ0v) is 14.7. The highest BCUT2D eigenvalue weighted by Gasteiger charge is 2.13. The van der Waals surface area contributed by atoms with E-state index in [1.165, 1.54) is 0 Å². The number of nitrogens with zero attached hydrogens (tertiary/aromatic N) is 2. The first-order valence-electron chi connectivity index (χ1n) is 9.04. The maximum absolute atomic E-state index is 12.7. The molecule has 2 aromatic carbocycles. The molecule has 6 heteroatoms. The predicted octanol–water partition coefficient (Wildman–Crippen LogP) is 2.16. The summed E-state index contributed by atoms with van der Waals surface area (Å²) >= 11 is 0. The molecule has 5 rings (SSSR count). The second kappa shape index (κ2) is 6.39. The highest BCUT2D eigenvalue weighted by Crippen LogP contribution is 2.23. The van der Waals surface area contributed by atoms with Gasteiger partial charge >= 0.3 is 0 Å². The molecule has 3 aromatic rings. The van der Waals surface area contributed by atoms with Crippen LogP contribution in [0.2, 0.25) is 0 Å². The van der Waals surface area contributed by atoms with E-state index in [1.54, 1.807) is 6.07 Å². The van der Waals surface area contributed by atoms with Crippen LogP contribution in [0, 0.1) is 0 Å². The maximum atomic E-state index is 12.7. The Morgan fingerprint density at radius 2 is 1.41 bits per heavy atom. The Labute approximate surface area is 155 Å². The number of rotatable bonds is 3. The zero-order valence-electron chi connectivity index (χ0n) is 14.7. The molecule has 2 N–H and O–H groups in total. The summed E-state index contributed by atoms with van der Waals surface area (Å²) in [4.78, 5) is 21.5. The van der Waals surface area contributed by atoms with E-state index in [9.17, 15) is 4.79 Å². The van der Waals surface area contributed by atoms with Gasteiger partial charge < -0.3 is 15.1 Å². The number of amidine groups is 2. The van der Waals surface area contributed by atoms with Crippen molar-refractivity contribution in [3.05, 3.63) is 69.9 Å². The average molecular weight is 358 g/mol. The number of hydrogen-bond donors (Lipinski definition) is 2. The maximum Gasteiger partial charge on any atom is 0.193 e. The lowest BCUT2D eigenvalue weighted by Gasteiger charge is -2.07. The summed E-state index contributed by atoms with van der Waals surface area (Å²) in [6.07, 6.45) is 0. The molecule has 0 bridgehead atoms. The third-order valence-corrected chi connectivity index (χ3v) is 4.79. The van der Waals surface area contributed by atoms with Gasteiger partial charge in [0.2, 0.25) is 0 Å². The van der Waals surface area contributed by atoms with Crippen molar-refractivity contribution in [2.24, 2.45) is 9.98 Å². The van der Waals surface area contributed by atoms with Crippen molar-refractivity contribution in [3.8, 4) is 11.3 Å². The fourth-order valence-corrected chi connectivity index (χ4v) is 3.42. The number of nitrogens with one attached hydrogen (secondary N) is 2. The van der Waals surface area contributed by atoms with Gasteiger partial charge in [0.15, 0.2) is 5.43 Å². The number of aliphatic imine (C=N–C) groups is 2. The topological polar surface area (TPSA) is 79.0 Å². The van der Waals surface area contributed by atoms with Crippen molar-refractivity contribution in [2.75, 3.05) is 26.2 Å². The fourth-order valence-electron chi connectivity index (χ4n) is 3.42. The molecule has 3 heterocycles. The van der Waals surface area contributed by atoms with Gasteiger partial charge in [0, 0.05) is 35.8 Å². The Morgan fingerprint density at radius 1 is 0.778 bits per heavy atom. The molecule has 0 amide bonds. The van der Waals surface area contributed by atoms with Crippen molar-refractivity contribution in [2.45, 2.75) is 0 Å². The third-order valence-electron chi connectivity index (χ3n) is 4.79. The van der Waals surface area contributed by atoms with Crippen LogP contribution in [0.3, 0.4) is 0 Å². The molecule has 0 unspecified atom stereocenters. The van der Waals surface area contributed by atoms with Crippen LogP contribution < -0.4 is 16.1 Å². The highest BCUT2D eigenvalue weighted by molar-refractivity contribution is 6.02. The summed E-state index contributed by atoms with van der Waals surface area (Å²) in [5, 5.41) is 7.04. The van der Waals surface area contributed by atoms with Crippen molar-refractivity contribution in [3.63, 3.8) is 0 Å². The Hall–Kier alpha value is -3.41. The second-order valence-corrected chi connectivity index (χ2v) is 6.58. The average Bonchev–Trinajstić information content (AvgIpc) is 3.42. The molecule has 2 aliphatic heterocycles. The quantitative estimate of drug-likeness (QED) is 0.752. The van der Waals surface area contributed by atoms with Crippen LogP contribution in [0.1, 0.15) is 11.1 Å². The van der Waals surface area contributed by atoms with E-state index in [0.29, 0.717) is 16.7 Å². The summed E-state index contributed by atoms with van der Waals surface area (Å²) < 4.78 is 6.01. The Morgan fingerprint density at radius 3 is 2.07 bits per heavy atom. The number of hydrogen-bond acceptors (Lipinski definition) is 6. The van der Waals surface area contributed by atoms with Gasteiger partial charge in [-0.15, -0.1) is 0 Å². The van der Waals surface area contributed by atoms with Crippen molar-refractivity contribution in [1.29, 1.82) is 0 Å². The monoisotopic (exact) mass is 358 g/mol. The van der Waals surface area contributed by atoms with Gasteiger partial charge in [0.05, 0.1) is 18.5 Å². The fraction of sp³-hybridized carbons (Fsp3) is 0.190. The van der Waals surface area contributed by atoms with Gasteiger partial charge in [-0.2, -0.15) is 0 Å². The minimum Gasteiger partial charge on any atom is -0.456 e. The largest absolute Gasteiger partial charge is 0.456 e. The van der Waals surface area contributed by atoms with Crippen LogP contribution >= 0.6 is 0 Å². The zero-order chi connectivity index (χ0) is 18.2. The second-order valence-electron chi connectivity index (χ2n) is 6.58. The summed E-state index contributed by atoms with van der Waals surface area (Å²) in [7, 11) is 0. The molecule has 134 valence electrons. The summed E-state index contributed by atoms with van der Waals surface area (Å²) in [6, 6.07) is 15.0. The molecular formula is C21H18N4O2. The van der Waals surface area contributed by atoms with Gasteiger partial charge in [-0.05, 0) is 18.2 Å². The van der Waals surface area contributed by atoms with Crippen LogP contribution in [-0.2, 0) is 0 Å². The van der Waals surface area contributed by atoms with Crippen molar-refractivity contribution in [1.82, 2.24) is 10.6 Å². The number of fused-ring (bicyclic) bond motifs is 1. The van der Waals surface area contributed by atoms with Crippen molar-refractivity contribution >= 4 is 22.6 Å². The minimum atomic E-state index is -0.0578. The third kappa shape index (κ3) is 2.89. The Balaban J connectivity index is 1.52. The smallest absolute Gasteiger partial charge is 0.193 e. The summed E-state index contributed by atoms with van der Waals surface area (Å²) in [5.41, 5.74) is 3.33. The first-order chi connectivity index (χ1) is 13.3. The lowest BCUT2D eigenvalue weighted by molar-refractivity contribution is 0.619. The van der Waals surface area contributed by atoms with E-state index in [-0.39, 0.29) is 5.43 Å². The van der Waals surface area contributed by atoms with Crippen LogP contribution in [0.4, 0.5) is 0 Å². The Kier molecular flexibility index (Phi) is 3.74. The van der Waals surface area contributed by atoms with Crippen LogP contribution in [-0.4, -0.2) is 37.9 Å². The van der Waals surface area contributed by atoms with E-state index in [4.69, 9.17) is 4.42 Å². The molecule has 0 radical (unpaired) electrons. The van der Waals surface area contributed by atoms with E-state index in [2.05, 4.69) is 20.6 Å². The van der Waals surface area contributed by atoms with E-state index in [0.717, 1.165) is 54.5 Å².